The van der Waals surface area contributed by atoms with Crippen molar-refractivity contribution in [3.05, 3.63) is 75.8 Å². The van der Waals surface area contributed by atoms with Gasteiger partial charge in [0, 0.05) is 5.56 Å². The van der Waals surface area contributed by atoms with E-state index in [0.29, 0.717) is 12.4 Å². The lowest BCUT2D eigenvalue weighted by molar-refractivity contribution is 0.108. The largest absolute Gasteiger partial charge is 0.486 e. The van der Waals surface area contributed by atoms with Gasteiger partial charge in [-0.05, 0) is 40.1 Å². The van der Waals surface area contributed by atoms with Crippen LogP contribution in [0, 0.1) is 0 Å². The first-order valence-electron chi connectivity index (χ1n) is 6.84. The minimum absolute atomic E-state index is 0.235. The van der Waals surface area contributed by atoms with Crippen LogP contribution in [0.3, 0.4) is 0 Å². The van der Waals surface area contributed by atoms with Crippen molar-refractivity contribution in [2.24, 2.45) is 0 Å². The zero-order valence-corrected chi connectivity index (χ0v) is 14.1. The molecule has 0 radical (unpaired) electrons. The first-order valence-corrected chi connectivity index (χ1v) is 7.98. The smallest absolute Gasteiger partial charge is 0.252 e. The van der Waals surface area contributed by atoms with Crippen molar-refractivity contribution < 1.29 is 9.53 Å². The normalized spacial score (nSPS) is 10.7. The van der Waals surface area contributed by atoms with Crippen LogP contribution in [0.15, 0.2) is 54.6 Å². The lowest BCUT2D eigenvalue weighted by Gasteiger charge is -2.12. The number of carbonyl (C=O) groups is 1. The lowest BCUT2D eigenvalue weighted by atomic mass is 10.1. The van der Waals surface area contributed by atoms with Gasteiger partial charge in [-0.3, -0.25) is 4.79 Å². The van der Waals surface area contributed by atoms with Gasteiger partial charge in [0.2, 0.25) is 0 Å². The fourth-order valence-corrected chi connectivity index (χ4v) is 3.08. The van der Waals surface area contributed by atoms with Gasteiger partial charge in [0.15, 0.2) is 5.75 Å². The van der Waals surface area contributed by atoms with Gasteiger partial charge in [-0.25, -0.2) is 0 Å². The zero-order chi connectivity index (χ0) is 16.4. The monoisotopic (exact) mass is 364 g/mol. The van der Waals surface area contributed by atoms with E-state index in [-0.39, 0.29) is 15.6 Å². The fourth-order valence-electron chi connectivity index (χ4n) is 2.38. The second-order valence-electron chi connectivity index (χ2n) is 4.97. The standard InChI is InChI=1S/C18H11Cl3O2/c19-15-8-13(18(21)22)9-16(20)17(15)23-10-12-6-3-5-11-4-1-2-7-14(11)12/h1-9H,10H2. The molecule has 0 aromatic heterocycles. The molecule has 0 amide bonds. The van der Waals surface area contributed by atoms with E-state index in [4.69, 9.17) is 39.5 Å². The molecule has 0 saturated heterocycles. The van der Waals surface area contributed by atoms with Crippen molar-refractivity contribution in [1.82, 2.24) is 0 Å². The fraction of sp³-hybridized carbons (Fsp3) is 0.0556. The molecule has 0 fully saturated rings. The van der Waals surface area contributed by atoms with E-state index >= 15 is 0 Å². The summed E-state index contributed by atoms with van der Waals surface area (Å²) in [6.07, 6.45) is 0. The predicted octanol–water partition coefficient (Wildman–Crippen LogP) is 6.10. The van der Waals surface area contributed by atoms with E-state index in [1.54, 1.807) is 0 Å². The first-order chi connectivity index (χ1) is 11.1. The zero-order valence-electron chi connectivity index (χ0n) is 11.9. The molecular formula is C18H11Cl3O2. The minimum Gasteiger partial charge on any atom is -0.486 e. The molecule has 23 heavy (non-hydrogen) atoms. The average molecular weight is 366 g/mol. The SMILES string of the molecule is O=C(Cl)c1cc(Cl)c(OCc2cccc3ccccc23)c(Cl)c1. The molecule has 5 heteroatoms. The highest BCUT2D eigenvalue weighted by Crippen LogP contribution is 2.35. The van der Waals surface area contributed by atoms with Crippen LogP contribution in [0.2, 0.25) is 10.0 Å². The second-order valence-corrected chi connectivity index (χ2v) is 6.13. The Morgan fingerprint density at radius 2 is 1.61 bits per heavy atom. The van der Waals surface area contributed by atoms with Gasteiger partial charge in [-0.1, -0.05) is 65.7 Å². The summed E-state index contributed by atoms with van der Waals surface area (Å²) in [5.41, 5.74) is 1.26. The van der Waals surface area contributed by atoms with Crippen LogP contribution in [-0.4, -0.2) is 5.24 Å². The van der Waals surface area contributed by atoms with Crippen LogP contribution in [0.1, 0.15) is 15.9 Å². The molecule has 0 aliphatic rings. The van der Waals surface area contributed by atoms with E-state index < -0.39 is 5.24 Å². The summed E-state index contributed by atoms with van der Waals surface area (Å²) < 4.78 is 5.78. The number of carbonyl (C=O) groups excluding carboxylic acids is 1. The molecule has 0 N–H and O–H groups in total. The molecule has 3 aromatic rings. The number of rotatable bonds is 4. The van der Waals surface area contributed by atoms with Crippen LogP contribution in [0.5, 0.6) is 5.75 Å². The Labute approximate surface area is 148 Å². The van der Waals surface area contributed by atoms with Gasteiger partial charge < -0.3 is 4.74 Å². The number of ether oxygens (including phenoxy) is 1. The summed E-state index contributed by atoms with van der Waals surface area (Å²) in [7, 11) is 0. The highest BCUT2D eigenvalue weighted by molar-refractivity contribution is 6.68. The van der Waals surface area contributed by atoms with Crippen LogP contribution in [0.25, 0.3) is 10.8 Å². The summed E-state index contributed by atoms with van der Waals surface area (Å²) in [4.78, 5) is 11.2. The topological polar surface area (TPSA) is 26.3 Å². The molecule has 0 aliphatic carbocycles. The van der Waals surface area contributed by atoms with E-state index in [0.717, 1.165) is 16.3 Å². The van der Waals surface area contributed by atoms with Gasteiger partial charge in [-0.15, -0.1) is 0 Å². The molecule has 3 aromatic carbocycles. The van der Waals surface area contributed by atoms with Crippen molar-refractivity contribution in [3.8, 4) is 5.75 Å². The van der Waals surface area contributed by atoms with Gasteiger partial charge in [0.05, 0.1) is 10.0 Å². The van der Waals surface area contributed by atoms with Crippen LogP contribution in [0.4, 0.5) is 0 Å². The van der Waals surface area contributed by atoms with E-state index in [1.165, 1.54) is 12.1 Å². The molecule has 0 aliphatic heterocycles. The predicted molar refractivity (Wildman–Crippen MR) is 94.9 cm³/mol. The van der Waals surface area contributed by atoms with Crippen molar-refractivity contribution in [2.75, 3.05) is 0 Å². The molecule has 0 heterocycles. The maximum Gasteiger partial charge on any atom is 0.252 e. The molecule has 0 unspecified atom stereocenters. The summed E-state index contributed by atoms with van der Waals surface area (Å²) in [6.45, 7) is 0.314. The average Bonchev–Trinajstić information content (AvgIpc) is 2.54. The highest BCUT2D eigenvalue weighted by atomic mass is 35.5. The van der Waals surface area contributed by atoms with E-state index in [2.05, 4.69) is 0 Å². The summed E-state index contributed by atoms with van der Waals surface area (Å²) in [6, 6.07) is 16.9. The van der Waals surface area contributed by atoms with Gasteiger partial charge in [0.25, 0.3) is 5.24 Å². The van der Waals surface area contributed by atoms with Crippen molar-refractivity contribution in [2.45, 2.75) is 6.61 Å². The third-order valence-corrected chi connectivity index (χ3v) is 4.26. The maximum absolute atomic E-state index is 11.2. The minimum atomic E-state index is -0.616. The first kappa shape index (κ1) is 16.1. The molecule has 0 saturated carbocycles. The van der Waals surface area contributed by atoms with Crippen LogP contribution < -0.4 is 4.74 Å². The third kappa shape index (κ3) is 3.45. The quantitative estimate of drug-likeness (QED) is 0.522. The van der Waals surface area contributed by atoms with Gasteiger partial charge in [-0.2, -0.15) is 0 Å². The molecule has 2 nitrogen and oxygen atoms in total. The van der Waals surface area contributed by atoms with Crippen molar-refractivity contribution >= 4 is 50.8 Å². The third-order valence-electron chi connectivity index (χ3n) is 3.48. The highest BCUT2D eigenvalue weighted by Gasteiger charge is 2.13. The van der Waals surface area contributed by atoms with Crippen LogP contribution >= 0.6 is 34.8 Å². The Hall–Kier alpha value is -1.74. The summed E-state index contributed by atoms with van der Waals surface area (Å²) in [5, 5.41) is 2.13. The van der Waals surface area contributed by atoms with Crippen LogP contribution in [-0.2, 0) is 6.61 Å². The van der Waals surface area contributed by atoms with Gasteiger partial charge in [0.1, 0.15) is 6.61 Å². The Kier molecular flexibility index (Phi) is 4.76. The number of benzene rings is 3. The van der Waals surface area contributed by atoms with Gasteiger partial charge >= 0.3 is 0 Å². The Morgan fingerprint density at radius 3 is 2.30 bits per heavy atom. The molecule has 0 atom stereocenters. The molecule has 0 bridgehead atoms. The second kappa shape index (κ2) is 6.79. The molecule has 116 valence electrons. The number of fused-ring (bicyclic) bond motifs is 1. The van der Waals surface area contributed by atoms with Crippen molar-refractivity contribution in [1.29, 1.82) is 0 Å². The Morgan fingerprint density at radius 1 is 0.957 bits per heavy atom. The summed E-state index contributed by atoms with van der Waals surface area (Å²) >= 11 is 17.7. The molecule has 3 rings (SSSR count). The number of hydrogen-bond acceptors (Lipinski definition) is 2. The molecular weight excluding hydrogens is 355 g/mol. The number of hydrogen-bond donors (Lipinski definition) is 0. The van der Waals surface area contributed by atoms with E-state index in [1.807, 2.05) is 42.5 Å². The molecule has 0 spiro atoms. The van der Waals surface area contributed by atoms with Crippen molar-refractivity contribution in [3.63, 3.8) is 0 Å². The Balaban J connectivity index is 1.90. The number of halogens is 3. The summed E-state index contributed by atoms with van der Waals surface area (Å²) in [5.74, 6) is 0.336. The van der Waals surface area contributed by atoms with E-state index in [9.17, 15) is 4.79 Å². The maximum atomic E-state index is 11.2. The Bertz CT molecular complexity index is 862. The lowest BCUT2D eigenvalue weighted by Crippen LogP contribution is -1.99.